The summed E-state index contributed by atoms with van der Waals surface area (Å²) >= 11 is 0. The number of rotatable bonds is 6. The highest BCUT2D eigenvalue weighted by Gasteiger charge is 2.18. The Kier molecular flexibility index (Phi) is 4.35. The van der Waals surface area contributed by atoms with Crippen LogP contribution in [0.25, 0.3) is 0 Å². The van der Waals surface area contributed by atoms with Gasteiger partial charge in [-0.2, -0.15) is 0 Å². The zero-order chi connectivity index (χ0) is 11.3. The van der Waals surface area contributed by atoms with E-state index >= 15 is 0 Å². The lowest BCUT2D eigenvalue weighted by molar-refractivity contribution is 0.477. The molecule has 1 unspecified atom stereocenters. The zero-order valence-electron chi connectivity index (χ0n) is 8.85. The van der Waals surface area contributed by atoms with Crippen LogP contribution in [0.1, 0.15) is 31.6 Å². The van der Waals surface area contributed by atoms with Gasteiger partial charge in [-0.05, 0) is 18.6 Å². The average molecular weight is 231 g/mol. The molecule has 5 heteroatoms. The number of nitrogens with two attached hydrogens (primary N) is 1. The second-order valence-electron chi connectivity index (χ2n) is 3.59. The first kappa shape index (κ1) is 12.3. The van der Waals surface area contributed by atoms with Gasteiger partial charge in [0.05, 0.1) is 23.8 Å². The highest BCUT2D eigenvalue weighted by atomic mass is 32.2. The van der Waals surface area contributed by atoms with Gasteiger partial charge in [-0.15, -0.1) is 0 Å². The summed E-state index contributed by atoms with van der Waals surface area (Å²) in [5.74, 6) is 0.688. The molecule has 2 N–H and O–H groups in total. The molecule has 0 aliphatic carbocycles. The maximum Gasteiger partial charge on any atom is 0.152 e. The first-order chi connectivity index (χ1) is 7.05. The summed E-state index contributed by atoms with van der Waals surface area (Å²) in [5, 5.41) is 0. The second kappa shape index (κ2) is 5.32. The minimum Gasteiger partial charge on any atom is -0.468 e. The minimum absolute atomic E-state index is 0.0412. The molecule has 1 atom stereocenters. The molecule has 1 heterocycles. The van der Waals surface area contributed by atoms with E-state index in [-0.39, 0.29) is 11.5 Å². The standard InChI is InChI=1S/C10H17NO3S/c1-2-3-7-15(12,13)8-9(11)10-5-4-6-14-10/h4-6,9H,2-3,7-8,11H2,1H3. The van der Waals surface area contributed by atoms with Gasteiger partial charge >= 0.3 is 0 Å². The van der Waals surface area contributed by atoms with Gasteiger partial charge in [0.1, 0.15) is 5.76 Å². The molecule has 15 heavy (non-hydrogen) atoms. The molecule has 86 valence electrons. The van der Waals surface area contributed by atoms with Gasteiger partial charge in [0.15, 0.2) is 9.84 Å². The second-order valence-corrected chi connectivity index (χ2v) is 5.82. The monoisotopic (exact) mass is 231 g/mol. The van der Waals surface area contributed by atoms with E-state index in [2.05, 4.69) is 0 Å². The SMILES string of the molecule is CCCCS(=O)(=O)CC(N)c1ccco1. The predicted molar refractivity (Wildman–Crippen MR) is 59.2 cm³/mol. The van der Waals surface area contributed by atoms with Gasteiger partial charge in [0.2, 0.25) is 0 Å². The lowest BCUT2D eigenvalue weighted by Gasteiger charge is -2.09. The van der Waals surface area contributed by atoms with E-state index in [1.54, 1.807) is 12.1 Å². The summed E-state index contributed by atoms with van der Waals surface area (Å²) in [6, 6.07) is 2.84. The van der Waals surface area contributed by atoms with E-state index in [1.165, 1.54) is 6.26 Å². The normalized spacial score (nSPS) is 14.0. The van der Waals surface area contributed by atoms with Crippen molar-refractivity contribution in [3.8, 4) is 0 Å². The Labute approximate surface area is 90.4 Å². The van der Waals surface area contributed by atoms with Gasteiger partial charge in [0.25, 0.3) is 0 Å². The van der Waals surface area contributed by atoms with E-state index in [9.17, 15) is 8.42 Å². The molecule has 0 spiro atoms. The van der Waals surface area contributed by atoms with Crippen LogP contribution in [0.3, 0.4) is 0 Å². The van der Waals surface area contributed by atoms with E-state index in [0.29, 0.717) is 12.2 Å². The summed E-state index contributed by atoms with van der Waals surface area (Å²) in [6.07, 6.45) is 3.05. The Morgan fingerprint density at radius 1 is 1.53 bits per heavy atom. The van der Waals surface area contributed by atoms with E-state index < -0.39 is 15.9 Å². The fraction of sp³-hybridized carbons (Fsp3) is 0.600. The largest absolute Gasteiger partial charge is 0.468 e. The first-order valence-corrected chi connectivity index (χ1v) is 6.86. The molecule has 4 nitrogen and oxygen atoms in total. The third-order valence-electron chi connectivity index (χ3n) is 2.15. The highest BCUT2D eigenvalue weighted by molar-refractivity contribution is 7.91. The molecule has 0 aliphatic heterocycles. The number of furan rings is 1. The van der Waals surface area contributed by atoms with Gasteiger partial charge in [0, 0.05) is 0 Å². The van der Waals surface area contributed by atoms with Crippen LogP contribution in [0, 0.1) is 0 Å². The van der Waals surface area contributed by atoms with Crippen molar-refractivity contribution >= 4 is 9.84 Å². The van der Waals surface area contributed by atoms with Gasteiger partial charge < -0.3 is 10.2 Å². The summed E-state index contributed by atoms with van der Waals surface area (Å²) in [6.45, 7) is 1.96. The van der Waals surface area contributed by atoms with Gasteiger partial charge in [-0.25, -0.2) is 8.42 Å². The number of unbranched alkanes of at least 4 members (excludes halogenated alkanes) is 1. The van der Waals surface area contributed by atoms with Crippen LogP contribution in [0.2, 0.25) is 0 Å². The third kappa shape index (κ3) is 4.05. The van der Waals surface area contributed by atoms with Crippen LogP contribution in [0.15, 0.2) is 22.8 Å². The van der Waals surface area contributed by atoms with E-state index in [0.717, 1.165) is 6.42 Å². The summed E-state index contributed by atoms with van der Waals surface area (Å²) < 4.78 is 28.2. The molecule has 1 rings (SSSR count). The first-order valence-electron chi connectivity index (χ1n) is 5.04. The van der Waals surface area contributed by atoms with E-state index in [1.807, 2.05) is 6.92 Å². The molecular formula is C10H17NO3S. The van der Waals surface area contributed by atoms with E-state index in [4.69, 9.17) is 10.2 Å². The number of sulfone groups is 1. The van der Waals surface area contributed by atoms with Crippen molar-refractivity contribution < 1.29 is 12.8 Å². The molecule has 0 amide bonds. The number of hydrogen-bond acceptors (Lipinski definition) is 4. The van der Waals surface area contributed by atoms with Crippen LogP contribution in [0.4, 0.5) is 0 Å². The topological polar surface area (TPSA) is 73.3 Å². The fourth-order valence-electron chi connectivity index (χ4n) is 1.31. The van der Waals surface area contributed by atoms with Crippen molar-refractivity contribution in [2.24, 2.45) is 5.73 Å². The van der Waals surface area contributed by atoms with Crippen molar-refractivity contribution in [2.45, 2.75) is 25.8 Å². The maximum atomic E-state index is 11.6. The Bertz CT molecular complexity index is 369. The fourth-order valence-corrected chi connectivity index (χ4v) is 2.91. The van der Waals surface area contributed by atoms with Crippen LogP contribution in [-0.2, 0) is 9.84 Å². The Morgan fingerprint density at radius 3 is 2.80 bits per heavy atom. The van der Waals surface area contributed by atoms with Crippen LogP contribution < -0.4 is 5.73 Å². The summed E-state index contributed by atoms with van der Waals surface area (Å²) in [4.78, 5) is 0. The lowest BCUT2D eigenvalue weighted by Crippen LogP contribution is -2.23. The summed E-state index contributed by atoms with van der Waals surface area (Å²) in [7, 11) is -3.05. The molecule has 0 aromatic carbocycles. The maximum absolute atomic E-state index is 11.6. The number of hydrogen-bond donors (Lipinski definition) is 1. The molecule has 0 aliphatic rings. The zero-order valence-corrected chi connectivity index (χ0v) is 9.66. The molecule has 0 bridgehead atoms. The van der Waals surface area contributed by atoms with Crippen molar-refractivity contribution in [2.75, 3.05) is 11.5 Å². The molecule has 0 saturated heterocycles. The molecular weight excluding hydrogens is 214 g/mol. The molecule has 0 fully saturated rings. The smallest absolute Gasteiger partial charge is 0.152 e. The lowest BCUT2D eigenvalue weighted by atomic mass is 10.3. The van der Waals surface area contributed by atoms with Crippen LogP contribution >= 0.6 is 0 Å². The van der Waals surface area contributed by atoms with Crippen molar-refractivity contribution in [3.05, 3.63) is 24.2 Å². The van der Waals surface area contributed by atoms with Crippen molar-refractivity contribution in [1.29, 1.82) is 0 Å². The minimum atomic E-state index is -3.05. The molecule has 1 aromatic rings. The van der Waals surface area contributed by atoms with Crippen molar-refractivity contribution in [1.82, 2.24) is 0 Å². The Morgan fingerprint density at radius 2 is 2.27 bits per heavy atom. The van der Waals surface area contributed by atoms with Gasteiger partial charge in [-0.3, -0.25) is 0 Å². The molecule has 1 aromatic heterocycles. The predicted octanol–water partition coefficient (Wildman–Crippen LogP) is 1.49. The Balaban J connectivity index is 2.54. The van der Waals surface area contributed by atoms with Crippen molar-refractivity contribution in [3.63, 3.8) is 0 Å². The molecule has 0 saturated carbocycles. The van der Waals surface area contributed by atoms with Crippen LogP contribution in [0.5, 0.6) is 0 Å². The summed E-state index contributed by atoms with van der Waals surface area (Å²) in [5.41, 5.74) is 5.72. The highest BCUT2D eigenvalue weighted by Crippen LogP contribution is 2.13. The van der Waals surface area contributed by atoms with Crippen LogP contribution in [-0.4, -0.2) is 19.9 Å². The average Bonchev–Trinajstić information content (AvgIpc) is 2.67. The Hall–Kier alpha value is -0.810. The van der Waals surface area contributed by atoms with Gasteiger partial charge in [-0.1, -0.05) is 13.3 Å². The molecule has 0 radical (unpaired) electrons. The quantitative estimate of drug-likeness (QED) is 0.805. The third-order valence-corrected chi connectivity index (χ3v) is 3.93.